The van der Waals surface area contributed by atoms with Crippen LogP contribution in [0.2, 0.25) is 0 Å². The van der Waals surface area contributed by atoms with Crippen molar-refractivity contribution in [3.05, 3.63) is 89.5 Å². The van der Waals surface area contributed by atoms with Crippen molar-refractivity contribution in [1.29, 1.82) is 0 Å². The summed E-state index contributed by atoms with van der Waals surface area (Å²) < 4.78 is 6.05. The highest BCUT2D eigenvalue weighted by atomic mass is 16.5. The van der Waals surface area contributed by atoms with E-state index in [9.17, 15) is 9.59 Å². The summed E-state index contributed by atoms with van der Waals surface area (Å²) in [6.45, 7) is 3.68. The summed E-state index contributed by atoms with van der Waals surface area (Å²) in [5, 5.41) is 2.83. The second kappa shape index (κ2) is 12.8. The predicted octanol–water partition coefficient (Wildman–Crippen LogP) is 5.00. The van der Waals surface area contributed by atoms with Gasteiger partial charge in [0.05, 0.1) is 6.54 Å². The largest absolute Gasteiger partial charge is 0.492 e. The van der Waals surface area contributed by atoms with E-state index >= 15 is 0 Å². The van der Waals surface area contributed by atoms with E-state index < -0.39 is 0 Å². The van der Waals surface area contributed by atoms with E-state index in [0.717, 1.165) is 29.0 Å². The Morgan fingerprint density at radius 3 is 2.42 bits per heavy atom. The van der Waals surface area contributed by atoms with Crippen molar-refractivity contribution in [2.75, 3.05) is 53.2 Å². The van der Waals surface area contributed by atoms with Gasteiger partial charge in [-0.2, -0.15) is 0 Å². The smallest absolute Gasteiger partial charge is 0.238 e. The minimum atomic E-state index is -0.153. The predicted molar refractivity (Wildman–Crippen MR) is 148 cm³/mol. The van der Waals surface area contributed by atoms with Crippen LogP contribution in [0.4, 0.5) is 5.69 Å². The average Bonchev–Trinajstić information content (AvgIpc) is 2.83. The lowest BCUT2D eigenvalue weighted by Gasteiger charge is -2.14. The van der Waals surface area contributed by atoms with Crippen molar-refractivity contribution in [3.63, 3.8) is 0 Å². The van der Waals surface area contributed by atoms with Crippen molar-refractivity contribution in [1.82, 2.24) is 9.80 Å². The molecule has 0 heterocycles. The molecule has 6 heteroatoms. The zero-order chi connectivity index (χ0) is 26.1. The van der Waals surface area contributed by atoms with Crippen LogP contribution in [0.25, 0.3) is 17.2 Å². The zero-order valence-electron chi connectivity index (χ0n) is 21.7. The molecular formula is C30H35N3O3. The maximum atomic E-state index is 13.0. The number of nitrogens with zero attached hydrogens (tertiary/aromatic N) is 2. The number of hydrogen-bond acceptors (Lipinski definition) is 5. The molecule has 0 spiro atoms. The number of benzene rings is 3. The summed E-state index contributed by atoms with van der Waals surface area (Å²) in [6, 6.07) is 21.2. The quantitative estimate of drug-likeness (QED) is 0.306. The maximum absolute atomic E-state index is 13.0. The van der Waals surface area contributed by atoms with Gasteiger partial charge >= 0.3 is 0 Å². The molecule has 3 aromatic rings. The third-order valence-corrected chi connectivity index (χ3v) is 5.57. The number of ether oxygens (including phenoxy) is 1. The first-order valence-corrected chi connectivity index (χ1v) is 12.0. The van der Waals surface area contributed by atoms with Gasteiger partial charge in [-0.1, -0.05) is 42.5 Å². The molecule has 188 valence electrons. The Hall–Kier alpha value is -3.74. The number of aryl methyl sites for hydroxylation is 1. The molecule has 0 radical (unpaired) electrons. The van der Waals surface area contributed by atoms with Gasteiger partial charge in [-0.25, -0.2) is 0 Å². The fourth-order valence-corrected chi connectivity index (χ4v) is 3.71. The Bertz CT molecular complexity index is 1230. The minimum Gasteiger partial charge on any atom is -0.492 e. The monoisotopic (exact) mass is 485 g/mol. The van der Waals surface area contributed by atoms with Gasteiger partial charge in [0.1, 0.15) is 12.4 Å². The first kappa shape index (κ1) is 26.9. The summed E-state index contributed by atoms with van der Waals surface area (Å²) in [4.78, 5) is 28.9. The Kier molecular flexibility index (Phi) is 9.56. The third-order valence-electron chi connectivity index (χ3n) is 5.57. The molecule has 3 aromatic carbocycles. The molecule has 0 aliphatic rings. The molecule has 0 unspecified atom stereocenters. The number of hydrogen-bond donors (Lipinski definition) is 1. The van der Waals surface area contributed by atoms with Crippen molar-refractivity contribution in [2.24, 2.45) is 0 Å². The highest BCUT2D eigenvalue weighted by Crippen LogP contribution is 2.30. The number of anilines is 1. The lowest BCUT2D eigenvalue weighted by molar-refractivity contribution is -0.116. The van der Waals surface area contributed by atoms with Crippen LogP contribution in [0.5, 0.6) is 5.75 Å². The van der Waals surface area contributed by atoms with Gasteiger partial charge in [0.2, 0.25) is 5.91 Å². The van der Waals surface area contributed by atoms with Gasteiger partial charge < -0.3 is 19.9 Å². The van der Waals surface area contributed by atoms with Crippen LogP contribution in [0.3, 0.4) is 0 Å². The molecule has 0 atom stereocenters. The number of rotatable bonds is 11. The number of carbonyl (C=O) groups excluding carboxylic acids is 2. The van der Waals surface area contributed by atoms with Gasteiger partial charge in [0.25, 0.3) is 0 Å². The molecule has 6 nitrogen and oxygen atoms in total. The fraction of sp³-hybridized carbons (Fsp3) is 0.267. The first-order chi connectivity index (χ1) is 17.2. The number of carbonyl (C=O) groups is 2. The molecule has 0 saturated heterocycles. The van der Waals surface area contributed by atoms with Crippen molar-refractivity contribution < 1.29 is 14.3 Å². The number of nitrogens with one attached hydrogen (secondary N) is 1. The molecule has 3 rings (SSSR count). The van der Waals surface area contributed by atoms with Crippen LogP contribution in [0.15, 0.2) is 72.8 Å². The Balaban J connectivity index is 1.85. The van der Waals surface area contributed by atoms with Crippen LogP contribution < -0.4 is 10.1 Å². The van der Waals surface area contributed by atoms with E-state index in [1.54, 1.807) is 41.3 Å². The number of likely N-dealkylation sites (N-methyl/N-ethyl adjacent to an activating group) is 2. The van der Waals surface area contributed by atoms with Gasteiger partial charge in [-0.15, -0.1) is 0 Å². The maximum Gasteiger partial charge on any atom is 0.238 e. The van der Waals surface area contributed by atoms with E-state index in [1.165, 1.54) is 5.56 Å². The second-order valence-corrected chi connectivity index (χ2v) is 9.28. The highest BCUT2D eigenvalue weighted by Gasteiger charge is 2.10. The van der Waals surface area contributed by atoms with Crippen molar-refractivity contribution >= 4 is 23.5 Å². The number of ketones is 1. The molecular weight excluding hydrogens is 450 g/mol. The van der Waals surface area contributed by atoms with Gasteiger partial charge in [-0.3, -0.25) is 9.59 Å². The van der Waals surface area contributed by atoms with E-state index in [1.807, 2.05) is 52.5 Å². The van der Waals surface area contributed by atoms with E-state index in [4.69, 9.17) is 4.74 Å². The van der Waals surface area contributed by atoms with E-state index in [2.05, 4.69) is 35.3 Å². The number of amides is 1. The molecule has 0 fully saturated rings. The van der Waals surface area contributed by atoms with Crippen molar-refractivity contribution in [3.8, 4) is 16.9 Å². The Morgan fingerprint density at radius 1 is 0.917 bits per heavy atom. The van der Waals surface area contributed by atoms with Crippen LogP contribution in [-0.2, 0) is 4.79 Å². The Morgan fingerprint density at radius 2 is 1.69 bits per heavy atom. The standard InChI is InChI=1S/C30H35N3O3/c1-22-9-6-7-12-27(22)23-14-16-29(36-18-17-32(2)3)25(19-23)13-15-28(34)24-10-8-11-26(20-24)31-30(35)21-33(4)5/h6-16,19-20H,17-18,21H2,1-5H3,(H,31,35). The lowest BCUT2D eigenvalue weighted by atomic mass is 9.98. The summed E-state index contributed by atoms with van der Waals surface area (Å²) in [5.41, 5.74) is 5.30. The molecule has 0 saturated carbocycles. The second-order valence-electron chi connectivity index (χ2n) is 9.28. The molecule has 0 bridgehead atoms. The zero-order valence-corrected chi connectivity index (χ0v) is 21.7. The highest BCUT2D eigenvalue weighted by molar-refractivity contribution is 6.08. The van der Waals surface area contributed by atoms with Gasteiger partial charge in [-0.05, 0) is 88.2 Å². The normalized spacial score (nSPS) is 11.3. The first-order valence-electron chi connectivity index (χ1n) is 12.0. The summed E-state index contributed by atoms with van der Waals surface area (Å²) in [5.74, 6) is 0.440. The molecule has 1 amide bonds. The third kappa shape index (κ3) is 7.90. The molecule has 1 N–H and O–H groups in total. The van der Waals surface area contributed by atoms with Crippen LogP contribution >= 0.6 is 0 Å². The minimum absolute atomic E-state index is 0.132. The molecule has 36 heavy (non-hydrogen) atoms. The van der Waals surface area contributed by atoms with E-state index in [0.29, 0.717) is 17.9 Å². The SMILES string of the molecule is Cc1ccccc1-c1ccc(OCCN(C)C)c(C=CC(=O)c2cccc(NC(=O)CN(C)C)c2)c1. The van der Waals surface area contributed by atoms with Crippen molar-refractivity contribution in [2.45, 2.75) is 6.92 Å². The molecule has 0 aromatic heterocycles. The topological polar surface area (TPSA) is 61.9 Å². The fourth-order valence-electron chi connectivity index (χ4n) is 3.71. The number of allylic oxidation sites excluding steroid dienone is 1. The van der Waals surface area contributed by atoms with Crippen LogP contribution in [0.1, 0.15) is 21.5 Å². The summed E-state index contributed by atoms with van der Waals surface area (Å²) in [6.07, 6.45) is 3.35. The van der Waals surface area contributed by atoms with E-state index in [-0.39, 0.29) is 18.2 Å². The van der Waals surface area contributed by atoms with Crippen LogP contribution in [0, 0.1) is 6.92 Å². The molecule has 0 aliphatic carbocycles. The summed E-state index contributed by atoms with van der Waals surface area (Å²) in [7, 11) is 7.66. The van der Waals surface area contributed by atoms with Gasteiger partial charge in [0.15, 0.2) is 5.78 Å². The lowest BCUT2D eigenvalue weighted by Crippen LogP contribution is -2.27. The van der Waals surface area contributed by atoms with Crippen LogP contribution in [-0.4, -0.2) is 69.4 Å². The van der Waals surface area contributed by atoms with Gasteiger partial charge in [0, 0.05) is 23.4 Å². The summed E-state index contributed by atoms with van der Waals surface area (Å²) >= 11 is 0. The Labute approximate surface area is 214 Å². The molecule has 0 aliphatic heterocycles. The average molecular weight is 486 g/mol.